The largest absolute Gasteiger partial charge is 0.490 e. The number of carbonyl (C=O) groups is 1. The number of hydrogen-bond acceptors (Lipinski definition) is 5. The van der Waals surface area contributed by atoms with E-state index in [0.717, 1.165) is 14.7 Å². The molecule has 0 unspecified atom stereocenters. The molecule has 7 nitrogen and oxygen atoms in total. The highest BCUT2D eigenvalue weighted by atomic mass is 127. The maximum absolute atomic E-state index is 12.9. The third-order valence-electron chi connectivity index (χ3n) is 6.25. The molecule has 1 amide bonds. The van der Waals surface area contributed by atoms with Gasteiger partial charge in [-0.1, -0.05) is 54.1 Å². The van der Waals surface area contributed by atoms with Gasteiger partial charge in [0.1, 0.15) is 13.2 Å². The predicted molar refractivity (Wildman–Crippen MR) is 168 cm³/mol. The molecule has 0 aliphatic heterocycles. The van der Waals surface area contributed by atoms with Crippen LogP contribution in [0.5, 0.6) is 11.5 Å². The van der Waals surface area contributed by atoms with Gasteiger partial charge in [-0.25, -0.2) is 5.43 Å². The lowest BCUT2D eigenvalue weighted by Crippen LogP contribution is -2.25. The second-order valence-corrected chi connectivity index (χ2v) is 10.5. The van der Waals surface area contributed by atoms with Crippen LogP contribution >= 0.6 is 34.2 Å². The number of fused-ring (bicyclic) bond motifs is 2. The number of benzene rings is 4. The normalized spacial score (nSPS) is 11.3. The van der Waals surface area contributed by atoms with Gasteiger partial charge in [-0.3, -0.25) is 9.59 Å². The standard InChI is InChI=1S/C31H25ClIN3O4/c1-2-39-28-16-20(15-25(33)31(28)40-19-21-9-3-6-12-24(21)32)17-34-35-29(37)18-36-26-13-7-4-10-22(26)30(38)23-11-5-8-14-27(23)36/h3-17H,2,18-19H2,1H3,(H,35,37)/b34-17-. The molecule has 0 aliphatic carbocycles. The molecule has 0 radical (unpaired) electrons. The van der Waals surface area contributed by atoms with E-state index in [4.69, 9.17) is 21.1 Å². The van der Waals surface area contributed by atoms with Crippen molar-refractivity contribution < 1.29 is 14.3 Å². The smallest absolute Gasteiger partial charge is 0.260 e. The molecule has 5 aromatic rings. The number of pyridine rings is 1. The molecule has 0 atom stereocenters. The number of nitrogens with one attached hydrogen (secondary N) is 1. The van der Waals surface area contributed by atoms with Crippen molar-refractivity contribution in [3.63, 3.8) is 0 Å². The van der Waals surface area contributed by atoms with Crippen LogP contribution in [0.2, 0.25) is 5.02 Å². The van der Waals surface area contributed by atoms with E-state index in [1.807, 2.05) is 84.3 Å². The summed E-state index contributed by atoms with van der Waals surface area (Å²) in [5.41, 5.74) is 5.53. The Balaban J connectivity index is 1.34. The summed E-state index contributed by atoms with van der Waals surface area (Å²) in [7, 11) is 0. The molecule has 40 heavy (non-hydrogen) atoms. The molecule has 5 rings (SSSR count). The number of nitrogens with zero attached hydrogens (tertiary/aromatic N) is 2. The molecule has 0 saturated carbocycles. The van der Waals surface area contributed by atoms with Gasteiger partial charge in [0.25, 0.3) is 5.91 Å². The molecule has 1 heterocycles. The number of hydrazone groups is 1. The maximum atomic E-state index is 12.9. The molecule has 9 heteroatoms. The van der Waals surface area contributed by atoms with Crippen molar-refractivity contribution in [2.75, 3.05) is 6.61 Å². The number of ether oxygens (including phenoxy) is 2. The highest BCUT2D eigenvalue weighted by Crippen LogP contribution is 2.35. The maximum Gasteiger partial charge on any atom is 0.260 e. The Kier molecular flexibility index (Phi) is 8.66. The molecular formula is C31H25ClIN3O4. The molecule has 4 aromatic carbocycles. The van der Waals surface area contributed by atoms with Crippen LogP contribution in [0.4, 0.5) is 0 Å². The van der Waals surface area contributed by atoms with Gasteiger partial charge in [0.15, 0.2) is 16.9 Å². The monoisotopic (exact) mass is 665 g/mol. The molecule has 202 valence electrons. The summed E-state index contributed by atoms with van der Waals surface area (Å²) in [5, 5.41) is 5.94. The van der Waals surface area contributed by atoms with Crippen LogP contribution in [-0.4, -0.2) is 23.3 Å². The van der Waals surface area contributed by atoms with Crippen molar-refractivity contribution in [3.8, 4) is 11.5 Å². The average molecular weight is 666 g/mol. The van der Waals surface area contributed by atoms with E-state index in [0.29, 0.717) is 51.5 Å². The van der Waals surface area contributed by atoms with Crippen molar-refractivity contribution in [3.05, 3.63) is 115 Å². The minimum atomic E-state index is -0.324. The second-order valence-electron chi connectivity index (χ2n) is 8.89. The zero-order valence-corrected chi connectivity index (χ0v) is 24.5. The van der Waals surface area contributed by atoms with Crippen LogP contribution in [0.25, 0.3) is 21.8 Å². The van der Waals surface area contributed by atoms with Gasteiger partial charge in [-0.05, 0) is 77.5 Å². The Bertz CT molecular complexity index is 1740. The molecule has 1 N–H and O–H groups in total. The predicted octanol–water partition coefficient (Wildman–Crippen LogP) is 6.54. The van der Waals surface area contributed by atoms with Crippen LogP contribution in [0.15, 0.2) is 94.8 Å². The zero-order chi connectivity index (χ0) is 28.1. The van der Waals surface area contributed by atoms with Crippen LogP contribution in [0, 0.1) is 3.57 Å². The Labute approximate surface area is 249 Å². The van der Waals surface area contributed by atoms with Crippen molar-refractivity contribution in [2.24, 2.45) is 5.10 Å². The van der Waals surface area contributed by atoms with Crippen LogP contribution < -0.4 is 20.3 Å². The van der Waals surface area contributed by atoms with E-state index >= 15 is 0 Å². The molecule has 0 fully saturated rings. The van der Waals surface area contributed by atoms with Gasteiger partial charge in [0, 0.05) is 21.4 Å². The number of hydrogen-bond donors (Lipinski definition) is 1. The Morgan fingerprint density at radius 1 is 0.975 bits per heavy atom. The number of halogens is 2. The van der Waals surface area contributed by atoms with E-state index in [2.05, 4.69) is 33.1 Å². The third-order valence-corrected chi connectivity index (χ3v) is 7.42. The first-order chi connectivity index (χ1) is 19.5. The van der Waals surface area contributed by atoms with Gasteiger partial charge in [0.2, 0.25) is 0 Å². The lowest BCUT2D eigenvalue weighted by molar-refractivity contribution is -0.121. The Morgan fingerprint density at radius 3 is 2.30 bits per heavy atom. The van der Waals surface area contributed by atoms with E-state index in [1.165, 1.54) is 0 Å². The minimum absolute atomic E-state index is 0.00476. The van der Waals surface area contributed by atoms with Crippen LogP contribution in [0.3, 0.4) is 0 Å². The van der Waals surface area contributed by atoms with E-state index in [1.54, 1.807) is 18.3 Å². The first-order valence-electron chi connectivity index (χ1n) is 12.6. The highest BCUT2D eigenvalue weighted by Gasteiger charge is 2.14. The molecule has 0 aliphatic rings. The third kappa shape index (κ3) is 5.97. The van der Waals surface area contributed by atoms with E-state index < -0.39 is 0 Å². The molecule has 0 spiro atoms. The average Bonchev–Trinajstić information content (AvgIpc) is 2.96. The topological polar surface area (TPSA) is 81.9 Å². The van der Waals surface area contributed by atoms with E-state index in [9.17, 15) is 9.59 Å². The van der Waals surface area contributed by atoms with Crippen molar-refractivity contribution in [2.45, 2.75) is 20.1 Å². The molecular weight excluding hydrogens is 641 g/mol. The minimum Gasteiger partial charge on any atom is -0.490 e. The fourth-order valence-corrected chi connectivity index (χ4v) is 5.41. The SMILES string of the molecule is CCOc1cc(/C=N\NC(=O)Cn2c3ccccc3c(=O)c3ccccc32)cc(I)c1OCc1ccccc1Cl. The van der Waals surface area contributed by atoms with Crippen LogP contribution in [0.1, 0.15) is 18.1 Å². The first-order valence-corrected chi connectivity index (χ1v) is 14.1. The van der Waals surface area contributed by atoms with Gasteiger partial charge >= 0.3 is 0 Å². The zero-order valence-electron chi connectivity index (χ0n) is 21.6. The lowest BCUT2D eigenvalue weighted by atomic mass is 10.1. The van der Waals surface area contributed by atoms with Gasteiger partial charge < -0.3 is 14.0 Å². The van der Waals surface area contributed by atoms with Gasteiger partial charge in [0.05, 0.1) is 27.4 Å². The van der Waals surface area contributed by atoms with Crippen molar-refractivity contribution >= 4 is 68.1 Å². The first kappa shape index (κ1) is 27.7. The number of aromatic nitrogens is 1. The summed E-state index contributed by atoms with van der Waals surface area (Å²) in [6.45, 7) is 2.65. The summed E-state index contributed by atoms with van der Waals surface area (Å²) in [4.78, 5) is 25.9. The van der Waals surface area contributed by atoms with Gasteiger partial charge in [-0.2, -0.15) is 5.10 Å². The quantitative estimate of drug-likeness (QED) is 0.0840. The number of amides is 1. The summed E-state index contributed by atoms with van der Waals surface area (Å²) in [6.07, 6.45) is 1.56. The highest BCUT2D eigenvalue weighted by molar-refractivity contribution is 14.1. The Hall–Kier alpha value is -3.89. The summed E-state index contributed by atoms with van der Waals surface area (Å²) < 4.78 is 14.6. The second kappa shape index (κ2) is 12.5. The fourth-order valence-electron chi connectivity index (χ4n) is 4.44. The van der Waals surface area contributed by atoms with Crippen molar-refractivity contribution in [1.82, 2.24) is 9.99 Å². The number of carbonyl (C=O) groups excluding carboxylic acids is 1. The number of para-hydroxylation sites is 2. The lowest BCUT2D eigenvalue weighted by Gasteiger charge is -2.15. The Morgan fingerprint density at radius 2 is 1.62 bits per heavy atom. The molecule has 0 saturated heterocycles. The summed E-state index contributed by atoms with van der Waals surface area (Å²) in [6, 6.07) is 25.8. The fraction of sp³-hybridized carbons (Fsp3) is 0.129. The molecule has 1 aromatic heterocycles. The summed E-state index contributed by atoms with van der Waals surface area (Å²) in [5.74, 6) is 0.857. The summed E-state index contributed by atoms with van der Waals surface area (Å²) >= 11 is 8.46. The number of rotatable bonds is 9. The van der Waals surface area contributed by atoms with E-state index in [-0.39, 0.29) is 17.9 Å². The van der Waals surface area contributed by atoms with Gasteiger partial charge in [-0.15, -0.1) is 0 Å². The molecule has 0 bridgehead atoms. The van der Waals surface area contributed by atoms with Crippen molar-refractivity contribution in [1.29, 1.82) is 0 Å². The van der Waals surface area contributed by atoms with Crippen LogP contribution in [-0.2, 0) is 17.9 Å².